The second-order valence-electron chi connectivity index (χ2n) is 10.7. The molecule has 0 aromatic heterocycles. The molecule has 0 unspecified atom stereocenters. The number of rotatable bonds is 8. The lowest BCUT2D eigenvalue weighted by Crippen LogP contribution is -2.48. The Labute approximate surface area is 217 Å². The van der Waals surface area contributed by atoms with Crippen LogP contribution in [0.4, 0.5) is 5.69 Å². The van der Waals surface area contributed by atoms with Gasteiger partial charge in [0.2, 0.25) is 0 Å². The van der Waals surface area contributed by atoms with Gasteiger partial charge in [-0.25, -0.2) is 0 Å². The molecule has 0 saturated carbocycles. The van der Waals surface area contributed by atoms with Gasteiger partial charge in [-0.2, -0.15) is 0 Å². The van der Waals surface area contributed by atoms with Gasteiger partial charge in [0.15, 0.2) is 0 Å². The van der Waals surface area contributed by atoms with Crippen molar-refractivity contribution < 1.29 is 4.79 Å². The number of anilines is 1. The number of benzene rings is 2. The molecule has 0 spiro atoms. The first-order valence-electron chi connectivity index (χ1n) is 14.1. The van der Waals surface area contributed by atoms with Gasteiger partial charge in [0, 0.05) is 76.2 Å². The van der Waals surface area contributed by atoms with Gasteiger partial charge >= 0.3 is 0 Å². The lowest BCUT2D eigenvalue weighted by atomic mass is 9.99. The van der Waals surface area contributed by atoms with Crippen LogP contribution in [0.25, 0.3) is 0 Å². The summed E-state index contributed by atoms with van der Waals surface area (Å²) >= 11 is 0. The van der Waals surface area contributed by atoms with Gasteiger partial charge < -0.3 is 24.9 Å². The molecule has 1 atom stereocenters. The van der Waals surface area contributed by atoms with Crippen molar-refractivity contribution in [1.29, 1.82) is 0 Å². The summed E-state index contributed by atoms with van der Waals surface area (Å²) in [6.45, 7) is 13.7. The quantitative estimate of drug-likeness (QED) is 0.615. The Bertz CT molecular complexity index is 949. The Balaban J connectivity index is 1.01. The van der Waals surface area contributed by atoms with E-state index in [9.17, 15) is 4.79 Å². The zero-order valence-electron chi connectivity index (χ0n) is 21.9. The molecule has 36 heavy (non-hydrogen) atoms. The Morgan fingerprint density at radius 1 is 0.833 bits per heavy atom. The molecule has 5 rings (SSSR count). The molecular formula is C30H43N5O. The second kappa shape index (κ2) is 12.2. The third-order valence-corrected chi connectivity index (χ3v) is 8.49. The zero-order valence-corrected chi connectivity index (χ0v) is 21.9. The van der Waals surface area contributed by atoms with E-state index < -0.39 is 0 Å². The Morgan fingerprint density at radius 2 is 1.56 bits per heavy atom. The third-order valence-electron chi connectivity index (χ3n) is 8.49. The number of hydrogen-bond donors (Lipinski definition) is 1. The molecule has 0 bridgehead atoms. The molecule has 3 aliphatic heterocycles. The van der Waals surface area contributed by atoms with E-state index in [0.29, 0.717) is 12.0 Å². The first-order valence-corrected chi connectivity index (χ1v) is 14.1. The van der Waals surface area contributed by atoms with Crippen LogP contribution in [0.5, 0.6) is 0 Å². The average Bonchev–Trinajstić information content (AvgIpc) is 3.43. The van der Waals surface area contributed by atoms with Gasteiger partial charge in [0.25, 0.3) is 5.91 Å². The van der Waals surface area contributed by atoms with Crippen LogP contribution in [0, 0.1) is 0 Å². The first-order chi connectivity index (χ1) is 17.7. The van der Waals surface area contributed by atoms with Crippen LogP contribution >= 0.6 is 0 Å². The van der Waals surface area contributed by atoms with Crippen molar-refractivity contribution in [3.05, 3.63) is 65.7 Å². The maximum absolute atomic E-state index is 12.9. The van der Waals surface area contributed by atoms with Crippen molar-refractivity contribution in [3.8, 4) is 0 Å². The molecule has 2 aromatic rings. The lowest BCUT2D eigenvalue weighted by molar-refractivity contribution is 0.0643. The number of piperazine rings is 1. The normalized spacial score (nSPS) is 22.3. The number of nitrogens with zero attached hydrogens (tertiary/aromatic N) is 4. The average molecular weight is 490 g/mol. The third kappa shape index (κ3) is 6.28. The van der Waals surface area contributed by atoms with Gasteiger partial charge in [-0.3, -0.25) is 4.79 Å². The van der Waals surface area contributed by atoms with E-state index in [-0.39, 0.29) is 5.91 Å². The monoisotopic (exact) mass is 489 g/mol. The number of amides is 1. The van der Waals surface area contributed by atoms with E-state index in [1.807, 2.05) is 17.0 Å². The van der Waals surface area contributed by atoms with Gasteiger partial charge in [-0.15, -0.1) is 0 Å². The highest BCUT2D eigenvalue weighted by Gasteiger charge is 2.25. The topological polar surface area (TPSA) is 42.1 Å². The van der Waals surface area contributed by atoms with Crippen LogP contribution in [-0.2, 0) is 0 Å². The molecule has 2 aromatic carbocycles. The fourth-order valence-corrected chi connectivity index (χ4v) is 6.07. The minimum Gasteiger partial charge on any atom is -0.371 e. The summed E-state index contributed by atoms with van der Waals surface area (Å²) in [5.41, 5.74) is 3.55. The maximum Gasteiger partial charge on any atom is 0.253 e. The number of nitrogens with one attached hydrogen (secondary N) is 1. The Hall–Kier alpha value is -2.41. The maximum atomic E-state index is 12.9. The van der Waals surface area contributed by atoms with Gasteiger partial charge in [-0.1, -0.05) is 37.3 Å². The predicted octanol–water partition coefficient (Wildman–Crippen LogP) is 3.51. The Morgan fingerprint density at radius 3 is 2.25 bits per heavy atom. The molecule has 3 heterocycles. The zero-order chi connectivity index (χ0) is 24.7. The summed E-state index contributed by atoms with van der Waals surface area (Å²) in [6, 6.07) is 19.9. The van der Waals surface area contributed by atoms with Crippen molar-refractivity contribution in [3.63, 3.8) is 0 Å². The predicted molar refractivity (Wildman–Crippen MR) is 148 cm³/mol. The van der Waals surface area contributed by atoms with Crippen LogP contribution < -0.4 is 10.2 Å². The van der Waals surface area contributed by atoms with Gasteiger partial charge in [0.1, 0.15) is 0 Å². The minimum atomic E-state index is 0.174. The van der Waals surface area contributed by atoms with Crippen molar-refractivity contribution in [2.75, 3.05) is 76.9 Å². The smallest absolute Gasteiger partial charge is 0.253 e. The highest BCUT2D eigenvalue weighted by Crippen LogP contribution is 2.26. The van der Waals surface area contributed by atoms with E-state index in [4.69, 9.17) is 0 Å². The number of carbonyl (C=O) groups is 1. The van der Waals surface area contributed by atoms with Gasteiger partial charge in [0.05, 0.1) is 0 Å². The van der Waals surface area contributed by atoms with Crippen molar-refractivity contribution in [1.82, 2.24) is 20.0 Å². The first kappa shape index (κ1) is 25.2. The number of likely N-dealkylation sites (N-methyl/N-ethyl adjacent to an activating group) is 1. The number of piperidine rings is 1. The Kier molecular flexibility index (Phi) is 8.57. The molecule has 3 saturated heterocycles. The molecule has 3 aliphatic rings. The standard InChI is InChI=1S/C30H43N5O/c1-2-32-20-22-35(23-21-32)30(36)26-8-10-29(11-9-26)34-17-13-28(14-18-34)31-15-19-33-16-12-27(24-33)25-6-4-3-5-7-25/h3-11,27-28,31H,2,12-24H2,1H3/t27-/m1/s1. The molecule has 0 aliphatic carbocycles. The van der Waals surface area contributed by atoms with Crippen LogP contribution in [0.15, 0.2) is 54.6 Å². The molecule has 1 N–H and O–H groups in total. The number of carbonyl (C=O) groups excluding carboxylic acids is 1. The van der Waals surface area contributed by atoms with E-state index in [0.717, 1.165) is 64.5 Å². The van der Waals surface area contributed by atoms with Crippen LogP contribution in [0.2, 0.25) is 0 Å². The van der Waals surface area contributed by atoms with Crippen molar-refractivity contribution in [2.45, 2.75) is 38.1 Å². The number of hydrogen-bond acceptors (Lipinski definition) is 5. The molecule has 6 nitrogen and oxygen atoms in total. The van der Waals surface area contributed by atoms with E-state index in [2.05, 4.69) is 69.4 Å². The van der Waals surface area contributed by atoms with E-state index in [1.54, 1.807) is 0 Å². The fraction of sp³-hybridized carbons (Fsp3) is 0.567. The minimum absolute atomic E-state index is 0.174. The second-order valence-corrected chi connectivity index (χ2v) is 10.7. The van der Waals surface area contributed by atoms with E-state index >= 15 is 0 Å². The van der Waals surface area contributed by atoms with Crippen molar-refractivity contribution in [2.24, 2.45) is 0 Å². The largest absolute Gasteiger partial charge is 0.371 e. The summed E-state index contributed by atoms with van der Waals surface area (Å²) in [5, 5.41) is 3.82. The highest BCUT2D eigenvalue weighted by molar-refractivity contribution is 5.94. The SMILES string of the molecule is CCN1CCN(C(=O)c2ccc(N3CCC(NCCN4CC[C@@H](c5ccccc5)C4)CC3)cc2)CC1. The molecule has 0 radical (unpaired) electrons. The van der Waals surface area contributed by atoms with Crippen molar-refractivity contribution >= 4 is 11.6 Å². The lowest BCUT2D eigenvalue weighted by Gasteiger charge is -2.35. The van der Waals surface area contributed by atoms with Crippen LogP contribution in [0.1, 0.15) is 48.0 Å². The van der Waals surface area contributed by atoms with E-state index in [1.165, 1.54) is 43.6 Å². The van der Waals surface area contributed by atoms with Crippen LogP contribution in [0.3, 0.4) is 0 Å². The summed E-state index contributed by atoms with van der Waals surface area (Å²) in [4.78, 5) is 22.4. The molecular weight excluding hydrogens is 446 g/mol. The molecule has 194 valence electrons. The number of likely N-dealkylation sites (tertiary alicyclic amines) is 1. The van der Waals surface area contributed by atoms with Gasteiger partial charge in [-0.05, 0) is 68.1 Å². The van der Waals surface area contributed by atoms with Crippen LogP contribution in [-0.4, -0.2) is 98.6 Å². The summed E-state index contributed by atoms with van der Waals surface area (Å²) in [7, 11) is 0. The highest BCUT2D eigenvalue weighted by atomic mass is 16.2. The molecule has 6 heteroatoms. The summed E-state index contributed by atoms with van der Waals surface area (Å²) in [5.74, 6) is 0.871. The summed E-state index contributed by atoms with van der Waals surface area (Å²) in [6.07, 6.45) is 3.63. The molecule has 1 amide bonds. The molecule has 3 fully saturated rings. The fourth-order valence-electron chi connectivity index (χ4n) is 6.07. The summed E-state index contributed by atoms with van der Waals surface area (Å²) < 4.78 is 0.